The van der Waals surface area contributed by atoms with Crippen molar-refractivity contribution in [3.05, 3.63) is 0 Å². The second kappa shape index (κ2) is 13.4. The maximum atomic E-state index is 10.1. The molecule has 0 aromatic rings. The molecule has 0 saturated heterocycles. The predicted octanol–water partition coefficient (Wildman–Crippen LogP) is 4.08. The van der Waals surface area contributed by atoms with Gasteiger partial charge in [-0.3, -0.25) is 0 Å². The van der Waals surface area contributed by atoms with Crippen LogP contribution in [-0.2, 0) is 4.79 Å². The molecule has 0 spiro atoms. The summed E-state index contributed by atoms with van der Waals surface area (Å²) in [5.74, 6) is 0. The van der Waals surface area contributed by atoms with Crippen LogP contribution >= 0.6 is 25.6 Å². The summed E-state index contributed by atoms with van der Waals surface area (Å²) in [4.78, 5) is 10.1. The van der Waals surface area contributed by atoms with Crippen molar-refractivity contribution in [2.45, 2.75) is 64.2 Å². The molecular formula is C12H25NOS2. The highest BCUT2D eigenvalue weighted by Gasteiger charge is 1.94. The molecule has 4 heteroatoms. The lowest BCUT2D eigenvalue weighted by atomic mass is 10.1. The normalized spacial score (nSPS) is 10.9. The molecule has 0 aromatic carbocycles. The van der Waals surface area contributed by atoms with Crippen molar-refractivity contribution in [2.24, 2.45) is 0 Å². The Kier molecular flexibility index (Phi) is 13.7. The lowest BCUT2D eigenvalue weighted by molar-refractivity contribution is -0.107. The second-order valence-electron chi connectivity index (χ2n) is 4.23. The van der Waals surface area contributed by atoms with Gasteiger partial charge < -0.3 is 4.79 Å². The lowest BCUT2D eigenvalue weighted by Crippen LogP contribution is -1.99. The smallest absolute Gasteiger partial charge is 0.119 e. The van der Waals surface area contributed by atoms with Crippen molar-refractivity contribution in [2.75, 3.05) is 6.54 Å². The zero-order valence-electron chi connectivity index (χ0n) is 10.1. The van der Waals surface area contributed by atoms with Gasteiger partial charge in [0.25, 0.3) is 0 Å². The van der Waals surface area contributed by atoms with Crippen molar-refractivity contribution in [3.8, 4) is 0 Å². The number of nitrogens with zero attached hydrogens (tertiary/aromatic N) is 1. The molecule has 0 fully saturated rings. The van der Waals surface area contributed by atoms with E-state index in [0.29, 0.717) is 0 Å². The average Bonchev–Trinajstić information content (AvgIpc) is 2.25. The zero-order chi connectivity index (χ0) is 12.1. The molecule has 0 unspecified atom stereocenters. The predicted molar refractivity (Wildman–Crippen MR) is 76.9 cm³/mol. The number of carbonyl (C=O) groups is 1. The Morgan fingerprint density at radius 2 is 1.19 bits per heavy atom. The van der Waals surface area contributed by atoms with Crippen LogP contribution in [-0.4, -0.2) is 16.5 Å². The van der Waals surface area contributed by atoms with E-state index in [1.54, 1.807) is 3.71 Å². The first-order valence-corrected chi connectivity index (χ1v) is 7.16. The van der Waals surface area contributed by atoms with Gasteiger partial charge in [0.2, 0.25) is 0 Å². The Balaban J connectivity index is 2.90. The van der Waals surface area contributed by atoms with E-state index in [1.165, 1.54) is 51.4 Å². The fourth-order valence-corrected chi connectivity index (χ4v) is 2.00. The summed E-state index contributed by atoms with van der Waals surface area (Å²) in [5, 5.41) is 0. The number of aldehydes is 1. The van der Waals surface area contributed by atoms with Crippen LogP contribution in [0.25, 0.3) is 0 Å². The standard InChI is InChI=1S/C12H25NOS2/c14-12-10-8-6-4-2-1-3-5-7-9-11-13(15)16/h12,15-16H,1-11H2. The Hall–Kier alpha value is 0.330. The fourth-order valence-electron chi connectivity index (χ4n) is 1.72. The number of thiol groups is 2. The Bertz CT molecular complexity index is 154. The number of carbonyl (C=O) groups excluding carboxylic acids is 1. The molecule has 0 amide bonds. The summed E-state index contributed by atoms with van der Waals surface area (Å²) in [6.07, 6.45) is 13.1. The van der Waals surface area contributed by atoms with Crippen LogP contribution in [0.4, 0.5) is 0 Å². The highest BCUT2D eigenvalue weighted by Crippen LogP contribution is 2.11. The molecule has 16 heavy (non-hydrogen) atoms. The fraction of sp³-hybridized carbons (Fsp3) is 0.917. The van der Waals surface area contributed by atoms with E-state index in [9.17, 15) is 4.79 Å². The summed E-state index contributed by atoms with van der Waals surface area (Å²) >= 11 is 8.14. The summed E-state index contributed by atoms with van der Waals surface area (Å²) in [5.41, 5.74) is 0. The lowest BCUT2D eigenvalue weighted by Gasteiger charge is -2.06. The van der Waals surface area contributed by atoms with E-state index in [-0.39, 0.29) is 0 Å². The number of unbranched alkanes of at least 4 members (excludes halogenated alkanes) is 9. The highest BCUT2D eigenvalue weighted by molar-refractivity contribution is 7.93. The Morgan fingerprint density at radius 3 is 1.62 bits per heavy atom. The van der Waals surface area contributed by atoms with Crippen LogP contribution in [0.3, 0.4) is 0 Å². The first kappa shape index (κ1) is 16.3. The van der Waals surface area contributed by atoms with Crippen molar-refractivity contribution < 1.29 is 4.79 Å². The van der Waals surface area contributed by atoms with Crippen molar-refractivity contribution in [1.29, 1.82) is 0 Å². The molecule has 0 aliphatic rings. The first-order chi connectivity index (χ1) is 7.77. The summed E-state index contributed by atoms with van der Waals surface area (Å²) in [6.45, 7) is 0.956. The molecule has 0 rings (SSSR count). The van der Waals surface area contributed by atoms with E-state index in [0.717, 1.165) is 25.7 Å². The zero-order valence-corrected chi connectivity index (χ0v) is 11.9. The van der Waals surface area contributed by atoms with Gasteiger partial charge in [-0.25, -0.2) is 3.71 Å². The molecular weight excluding hydrogens is 238 g/mol. The van der Waals surface area contributed by atoms with Gasteiger partial charge in [-0.05, 0) is 12.8 Å². The van der Waals surface area contributed by atoms with E-state index in [4.69, 9.17) is 0 Å². The van der Waals surface area contributed by atoms with Gasteiger partial charge in [-0.15, -0.1) is 0 Å². The number of hydrogen-bond donors (Lipinski definition) is 2. The van der Waals surface area contributed by atoms with Gasteiger partial charge in [0, 0.05) is 13.0 Å². The molecule has 2 nitrogen and oxygen atoms in total. The van der Waals surface area contributed by atoms with Gasteiger partial charge in [0.1, 0.15) is 6.29 Å². The van der Waals surface area contributed by atoms with Crippen LogP contribution in [0.15, 0.2) is 0 Å². The van der Waals surface area contributed by atoms with Crippen LogP contribution < -0.4 is 0 Å². The van der Waals surface area contributed by atoms with Gasteiger partial charge in [0.05, 0.1) is 0 Å². The third-order valence-electron chi connectivity index (χ3n) is 2.68. The van der Waals surface area contributed by atoms with E-state index in [2.05, 4.69) is 25.6 Å². The molecule has 0 aliphatic carbocycles. The average molecular weight is 263 g/mol. The minimum atomic E-state index is 0.740. The van der Waals surface area contributed by atoms with Crippen molar-refractivity contribution >= 4 is 31.9 Å². The van der Waals surface area contributed by atoms with Crippen molar-refractivity contribution in [1.82, 2.24) is 3.71 Å². The molecule has 0 saturated carbocycles. The molecule has 0 aromatic heterocycles. The summed E-state index contributed by atoms with van der Waals surface area (Å²) in [6, 6.07) is 0. The van der Waals surface area contributed by atoms with E-state index >= 15 is 0 Å². The maximum absolute atomic E-state index is 10.1. The molecule has 0 heterocycles. The Labute approximate surface area is 111 Å². The second-order valence-corrected chi connectivity index (χ2v) is 5.51. The topological polar surface area (TPSA) is 20.3 Å². The van der Waals surface area contributed by atoms with Crippen LogP contribution in [0.2, 0.25) is 0 Å². The minimum absolute atomic E-state index is 0.740. The third-order valence-corrected chi connectivity index (χ3v) is 3.08. The quantitative estimate of drug-likeness (QED) is 0.314. The van der Waals surface area contributed by atoms with Crippen LogP contribution in [0, 0.1) is 0 Å². The molecule has 96 valence electrons. The van der Waals surface area contributed by atoms with Crippen LogP contribution in [0.1, 0.15) is 64.2 Å². The third kappa shape index (κ3) is 14.3. The van der Waals surface area contributed by atoms with E-state index in [1.807, 2.05) is 0 Å². The van der Waals surface area contributed by atoms with E-state index < -0.39 is 0 Å². The first-order valence-electron chi connectivity index (χ1n) is 6.36. The maximum Gasteiger partial charge on any atom is 0.119 e. The van der Waals surface area contributed by atoms with Crippen molar-refractivity contribution in [3.63, 3.8) is 0 Å². The van der Waals surface area contributed by atoms with Gasteiger partial charge in [0.15, 0.2) is 0 Å². The molecule has 0 bridgehead atoms. The molecule has 0 radical (unpaired) electrons. The largest absolute Gasteiger partial charge is 0.303 e. The van der Waals surface area contributed by atoms with Gasteiger partial charge in [-0.2, -0.15) is 0 Å². The minimum Gasteiger partial charge on any atom is -0.303 e. The monoisotopic (exact) mass is 263 g/mol. The SMILES string of the molecule is O=CCCCCCCCCCCCN(S)S. The molecule has 0 aliphatic heterocycles. The number of rotatable bonds is 12. The highest BCUT2D eigenvalue weighted by atomic mass is 32.2. The Morgan fingerprint density at radius 1 is 0.750 bits per heavy atom. The van der Waals surface area contributed by atoms with Gasteiger partial charge in [-0.1, -0.05) is 70.6 Å². The number of hydrogen-bond acceptors (Lipinski definition) is 4. The summed E-state index contributed by atoms with van der Waals surface area (Å²) < 4.78 is 1.65. The van der Waals surface area contributed by atoms with Crippen LogP contribution in [0.5, 0.6) is 0 Å². The molecule has 0 N–H and O–H groups in total. The van der Waals surface area contributed by atoms with Gasteiger partial charge >= 0.3 is 0 Å². The summed E-state index contributed by atoms with van der Waals surface area (Å²) in [7, 11) is 0. The molecule has 0 atom stereocenters.